The van der Waals surface area contributed by atoms with Gasteiger partial charge in [0.15, 0.2) is 5.82 Å². The summed E-state index contributed by atoms with van der Waals surface area (Å²) in [6.07, 6.45) is 0. The molecule has 0 aliphatic carbocycles. The van der Waals surface area contributed by atoms with E-state index in [1.807, 2.05) is 18.2 Å². The zero-order valence-corrected chi connectivity index (χ0v) is 16.3. The molecule has 0 fully saturated rings. The van der Waals surface area contributed by atoms with Gasteiger partial charge >= 0.3 is 0 Å². The Kier molecular flexibility index (Phi) is 5.09. The molecule has 1 aliphatic heterocycles. The predicted molar refractivity (Wildman–Crippen MR) is 105 cm³/mol. The molecule has 0 N–H and O–H groups in total. The van der Waals surface area contributed by atoms with Crippen molar-refractivity contribution >= 4 is 52.3 Å². The smallest absolute Gasteiger partial charge is 0.212 e. The molecule has 9 heteroatoms. The van der Waals surface area contributed by atoms with Gasteiger partial charge in [-0.3, -0.25) is 0 Å². The van der Waals surface area contributed by atoms with Crippen molar-refractivity contribution in [2.75, 3.05) is 5.75 Å². The lowest BCUT2D eigenvalue weighted by Crippen LogP contribution is -2.15. The van der Waals surface area contributed by atoms with Gasteiger partial charge in [0.2, 0.25) is 5.16 Å². The van der Waals surface area contributed by atoms with Gasteiger partial charge in [0.25, 0.3) is 0 Å². The highest BCUT2D eigenvalue weighted by atomic mass is 35.5. The van der Waals surface area contributed by atoms with Gasteiger partial charge in [0.05, 0.1) is 15.8 Å². The van der Waals surface area contributed by atoms with Crippen LogP contribution < -0.4 is 4.74 Å². The Balaban J connectivity index is 1.61. The number of para-hydroxylation sites is 1. The number of aromatic nitrogens is 3. The number of hydrogen-bond acceptors (Lipinski definition) is 5. The molecular formula is C17H11Cl3N4OS. The lowest BCUT2D eigenvalue weighted by atomic mass is 10.1. The summed E-state index contributed by atoms with van der Waals surface area (Å²) in [7, 11) is 0. The summed E-state index contributed by atoms with van der Waals surface area (Å²) in [5, 5.41) is 15.4. The summed E-state index contributed by atoms with van der Waals surface area (Å²) < 4.78 is 7.42. The number of halogens is 3. The van der Waals surface area contributed by atoms with Crippen molar-refractivity contribution in [3.05, 3.63) is 68.9 Å². The average Bonchev–Trinajstić information content (AvgIpc) is 3.03. The van der Waals surface area contributed by atoms with E-state index in [1.54, 1.807) is 28.9 Å². The van der Waals surface area contributed by atoms with Crippen molar-refractivity contribution in [3.8, 4) is 5.75 Å². The van der Waals surface area contributed by atoms with Gasteiger partial charge in [-0.05, 0) is 24.3 Å². The first-order chi connectivity index (χ1) is 12.6. The van der Waals surface area contributed by atoms with Crippen LogP contribution >= 0.6 is 46.6 Å². The predicted octanol–water partition coefficient (Wildman–Crippen LogP) is 5.18. The monoisotopic (exact) mass is 424 g/mol. The van der Waals surface area contributed by atoms with Crippen LogP contribution in [-0.4, -0.2) is 26.3 Å². The first-order valence-electron chi connectivity index (χ1n) is 7.59. The van der Waals surface area contributed by atoms with Crippen LogP contribution in [0.1, 0.15) is 11.4 Å². The highest BCUT2D eigenvalue weighted by Gasteiger charge is 2.21. The number of benzene rings is 2. The SMILES string of the molecule is Clc1ccc(C2=Nn3c(COc4ccccc4Cl)nnc3SC2)c(Cl)c1. The minimum absolute atomic E-state index is 0.197. The largest absolute Gasteiger partial charge is 0.484 e. The lowest BCUT2D eigenvalue weighted by Gasteiger charge is -2.15. The van der Waals surface area contributed by atoms with E-state index in [4.69, 9.17) is 39.5 Å². The first-order valence-corrected chi connectivity index (χ1v) is 9.71. The maximum Gasteiger partial charge on any atom is 0.212 e. The van der Waals surface area contributed by atoms with Gasteiger partial charge in [-0.15, -0.1) is 10.2 Å². The van der Waals surface area contributed by atoms with Crippen LogP contribution in [-0.2, 0) is 6.61 Å². The molecule has 132 valence electrons. The van der Waals surface area contributed by atoms with Crippen LogP contribution in [0.3, 0.4) is 0 Å². The Bertz CT molecular complexity index is 1010. The Morgan fingerprint density at radius 2 is 1.88 bits per heavy atom. The molecule has 1 aliphatic rings. The van der Waals surface area contributed by atoms with Gasteiger partial charge in [-0.2, -0.15) is 9.78 Å². The second-order valence-electron chi connectivity index (χ2n) is 5.39. The van der Waals surface area contributed by atoms with Crippen LogP contribution in [0.25, 0.3) is 0 Å². The second kappa shape index (κ2) is 7.48. The van der Waals surface area contributed by atoms with Crippen LogP contribution in [0, 0.1) is 0 Å². The Morgan fingerprint density at radius 3 is 2.69 bits per heavy atom. The number of fused-ring (bicyclic) bond motifs is 1. The molecule has 0 unspecified atom stereocenters. The molecule has 2 aromatic carbocycles. The minimum atomic E-state index is 0.197. The van der Waals surface area contributed by atoms with E-state index < -0.39 is 0 Å². The van der Waals surface area contributed by atoms with E-state index in [9.17, 15) is 0 Å². The fourth-order valence-electron chi connectivity index (χ4n) is 2.42. The van der Waals surface area contributed by atoms with Crippen molar-refractivity contribution < 1.29 is 4.74 Å². The summed E-state index contributed by atoms with van der Waals surface area (Å²) >= 11 is 19.9. The summed E-state index contributed by atoms with van der Waals surface area (Å²) in [4.78, 5) is 0. The van der Waals surface area contributed by atoms with Crippen LogP contribution in [0.4, 0.5) is 0 Å². The number of ether oxygens (including phenoxy) is 1. The van der Waals surface area contributed by atoms with E-state index in [2.05, 4.69) is 15.3 Å². The molecule has 0 atom stereocenters. The van der Waals surface area contributed by atoms with E-state index in [1.165, 1.54) is 11.8 Å². The fourth-order valence-corrected chi connectivity index (χ4v) is 3.97. The molecule has 5 nitrogen and oxygen atoms in total. The quantitative estimate of drug-likeness (QED) is 0.578. The second-order valence-corrected chi connectivity index (χ2v) is 7.58. The summed E-state index contributed by atoms with van der Waals surface area (Å²) in [6, 6.07) is 12.6. The summed E-state index contributed by atoms with van der Waals surface area (Å²) in [6.45, 7) is 0.197. The van der Waals surface area contributed by atoms with Crippen molar-refractivity contribution in [2.45, 2.75) is 11.8 Å². The molecule has 3 aromatic rings. The standard InChI is InChI=1S/C17H11Cl3N4OS/c18-10-5-6-11(13(20)7-10)14-9-26-17-22-21-16(24(17)23-14)8-25-15-4-2-1-3-12(15)19/h1-7H,8-9H2. The third-order valence-electron chi connectivity index (χ3n) is 3.67. The minimum Gasteiger partial charge on any atom is -0.484 e. The maximum atomic E-state index is 6.31. The lowest BCUT2D eigenvalue weighted by molar-refractivity contribution is 0.290. The highest BCUT2D eigenvalue weighted by Crippen LogP contribution is 2.29. The van der Waals surface area contributed by atoms with Gasteiger partial charge in [-0.25, -0.2) is 0 Å². The van der Waals surface area contributed by atoms with E-state index >= 15 is 0 Å². The third kappa shape index (κ3) is 3.55. The summed E-state index contributed by atoms with van der Waals surface area (Å²) in [5.74, 6) is 1.81. The third-order valence-corrected chi connectivity index (χ3v) is 5.46. The first kappa shape index (κ1) is 17.7. The van der Waals surface area contributed by atoms with E-state index in [0.717, 1.165) is 11.3 Å². The fraction of sp³-hybridized carbons (Fsp3) is 0.118. The Labute approximate surface area is 168 Å². The van der Waals surface area contributed by atoms with Crippen molar-refractivity contribution in [2.24, 2.45) is 5.10 Å². The molecule has 0 amide bonds. The molecule has 0 bridgehead atoms. The highest BCUT2D eigenvalue weighted by molar-refractivity contribution is 7.99. The zero-order valence-electron chi connectivity index (χ0n) is 13.2. The number of thioether (sulfide) groups is 1. The maximum absolute atomic E-state index is 6.31. The van der Waals surface area contributed by atoms with Crippen molar-refractivity contribution in [1.29, 1.82) is 0 Å². The van der Waals surface area contributed by atoms with Gasteiger partial charge in [0.1, 0.15) is 12.4 Å². The van der Waals surface area contributed by atoms with Gasteiger partial charge in [-0.1, -0.05) is 64.8 Å². The number of nitrogens with zero attached hydrogens (tertiary/aromatic N) is 4. The van der Waals surface area contributed by atoms with Crippen LogP contribution in [0.15, 0.2) is 52.7 Å². The van der Waals surface area contributed by atoms with Crippen LogP contribution in [0.2, 0.25) is 15.1 Å². The van der Waals surface area contributed by atoms with E-state index in [-0.39, 0.29) is 6.61 Å². The molecule has 4 rings (SSSR count). The van der Waals surface area contributed by atoms with Crippen molar-refractivity contribution in [1.82, 2.24) is 14.9 Å². The molecule has 0 radical (unpaired) electrons. The topological polar surface area (TPSA) is 52.3 Å². The summed E-state index contributed by atoms with van der Waals surface area (Å²) in [5.41, 5.74) is 1.66. The van der Waals surface area contributed by atoms with Crippen molar-refractivity contribution in [3.63, 3.8) is 0 Å². The molecule has 0 saturated carbocycles. The average molecular weight is 426 g/mol. The molecule has 26 heavy (non-hydrogen) atoms. The molecule has 0 saturated heterocycles. The Hall–Kier alpha value is -1.73. The number of hydrogen-bond donors (Lipinski definition) is 0. The molecule has 1 aromatic heterocycles. The molecular weight excluding hydrogens is 415 g/mol. The Morgan fingerprint density at radius 1 is 1.04 bits per heavy atom. The zero-order chi connectivity index (χ0) is 18.1. The van der Waals surface area contributed by atoms with Gasteiger partial charge in [0, 0.05) is 16.3 Å². The van der Waals surface area contributed by atoms with Gasteiger partial charge < -0.3 is 4.74 Å². The molecule has 2 heterocycles. The normalized spacial score (nSPS) is 13.3. The van der Waals surface area contributed by atoms with E-state index in [0.29, 0.717) is 37.6 Å². The van der Waals surface area contributed by atoms with Crippen LogP contribution in [0.5, 0.6) is 5.75 Å². The number of rotatable bonds is 4. The molecule has 0 spiro atoms.